The highest BCUT2D eigenvalue weighted by atomic mass is 35.5. The molecule has 0 unspecified atom stereocenters. The summed E-state index contributed by atoms with van der Waals surface area (Å²) in [7, 11) is 0. The first-order valence-electron chi connectivity index (χ1n) is 4.82. The molecule has 0 N–H and O–H groups in total. The van der Waals surface area contributed by atoms with Gasteiger partial charge in [-0.25, -0.2) is 9.37 Å². The number of nitrogens with zero attached hydrogens (tertiary/aromatic N) is 3. The standard InChI is InChI=1S/C10H15ClFN3/c1-5-15(10(2,3)4)8-7(12)6-13-9(11)14-8/h6H,5H2,1-4H3. The van der Waals surface area contributed by atoms with E-state index in [0.717, 1.165) is 6.20 Å². The zero-order valence-electron chi connectivity index (χ0n) is 9.38. The summed E-state index contributed by atoms with van der Waals surface area (Å²) in [4.78, 5) is 9.35. The van der Waals surface area contributed by atoms with Gasteiger partial charge in [-0.3, -0.25) is 0 Å². The molecule has 0 saturated heterocycles. The summed E-state index contributed by atoms with van der Waals surface area (Å²) in [5.41, 5.74) is -0.201. The highest BCUT2D eigenvalue weighted by Gasteiger charge is 2.24. The zero-order chi connectivity index (χ0) is 11.6. The molecule has 0 bridgehead atoms. The maximum absolute atomic E-state index is 13.5. The van der Waals surface area contributed by atoms with Crippen molar-refractivity contribution in [1.29, 1.82) is 0 Å². The van der Waals surface area contributed by atoms with Crippen LogP contribution in [0.5, 0.6) is 0 Å². The van der Waals surface area contributed by atoms with Gasteiger partial charge >= 0.3 is 0 Å². The molecule has 0 saturated carbocycles. The van der Waals surface area contributed by atoms with Crippen molar-refractivity contribution in [3.63, 3.8) is 0 Å². The Hall–Kier alpha value is -0.900. The summed E-state index contributed by atoms with van der Waals surface area (Å²) >= 11 is 5.65. The van der Waals surface area contributed by atoms with Gasteiger partial charge in [-0.05, 0) is 39.3 Å². The molecule has 84 valence electrons. The minimum atomic E-state index is -0.448. The van der Waals surface area contributed by atoms with Crippen LogP contribution in [0.3, 0.4) is 0 Å². The van der Waals surface area contributed by atoms with Crippen molar-refractivity contribution < 1.29 is 4.39 Å². The minimum absolute atomic E-state index is 0.0640. The Balaban J connectivity index is 3.18. The van der Waals surface area contributed by atoms with Gasteiger partial charge in [0.05, 0.1) is 6.20 Å². The molecular formula is C10H15ClFN3. The molecule has 15 heavy (non-hydrogen) atoms. The van der Waals surface area contributed by atoms with E-state index in [1.165, 1.54) is 0 Å². The largest absolute Gasteiger partial charge is 0.349 e. The van der Waals surface area contributed by atoms with Gasteiger partial charge in [0.25, 0.3) is 0 Å². The molecule has 0 radical (unpaired) electrons. The third-order valence-electron chi connectivity index (χ3n) is 2.08. The van der Waals surface area contributed by atoms with Crippen LogP contribution in [0.2, 0.25) is 5.28 Å². The Morgan fingerprint density at radius 1 is 1.47 bits per heavy atom. The van der Waals surface area contributed by atoms with Gasteiger partial charge < -0.3 is 4.90 Å². The fourth-order valence-electron chi connectivity index (χ4n) is 1.47. The number of anilines is 1. The van der Waals surface area contributed by atoms with E-state index in [1.807, 2.05) is 32.6 Å². The van der Waals surface area contributed by atoms with E-state index in [4.69, 9.17) is 11.6 Å². The maximum Gasteiger partial charge on any atom is 0.224 e. The number of aromatic nitrogens is 2. The molecule has 0 spiro atoms. The lowest BCUT2D eigenvalue weighted by Gasteiger charge is -2.35. The van der Waals surface area contributed by atoms with Crippen LogP contribution in [0.1, 0.15) is 27.7 Å². The Labute approximate surface area is 94.3 Å². The molecule has 0 aliphatic carbocycles. The van der Waals surface area contributed by atoms with E-state index in [-0.39, 0.29) is 16.6 Å². The van der Waals surface area contributed by atoms with Crippen LogP contribution in [0.4, 0.5) is 10.2 Å². The third-order valence-corrected chi connectivity index (χ3v) is 2.26. The summed E-state index contributed by atoms with van der Waals surface area (Å²) in [5, 5.41) is 0.0640. The average Bonchev–Trinajstić information content (AvgIpc) is 2.10. The van der Waals surface area contributed by atoms with Crippen LogP contribution in [0, 0.1) is 5.82 Å². The molecule has 0 aliphatic heterocycles. The molecule has 5 heteroatoms. The maximum atomic E-state index is 13.5. The van der Waals surface area contributed by atoms with Gasteiger partial charge in [0.1, 0.15) is 0 Å². The van der Waals surface area contributed by atoms with E-state index in [0.29, 0.717) is 6.54 Å². The quantitative estimate of drug-likeness (QED) is 0.733. The third kappa shape index (κ3) is 2.78. The summed E-state index contributed by atoms with van der Waals surface area (Å²) < 4.78 is 13.5. The predicted octanol–water partition coefficient (Wildman–Crippen LogP) is 2.89. The molecule has 1 rings (SSSR count). The highest BCUT2D eigenvalue weighted by Crippen LogP contribution is 2.24. The van der Waals surface area contributed by atoms with Crippen molar-refractivity contribution in [3.05, 3.63) is 17.3 Å². The van der Waals surface area contributed by atoms with E-state index in [1.54, 1.807) is 0 Å². The molecule has 0 aliphatic rings. The second kappa shape index (κ2) is 4.31. The second-order valence-electron chi connectivity index (χ2n) is 4.23. The highest BCUT2D eigenvalue weighted by molar-refractivity contribution is 6.28. The van der Waals surface area contributed by atoms with Crippen LogP contribution < -0.4 is 4.90 Å². The van der Waals surface area contributed by atoms with Crippen LogP contribution >= 0.6 is 11.6 Å². The van der Waals surface area contributed by atoms with Crippen molar-refractivity contribution in [3.8, 4) is 0 Å². The van der Waals surface area contributed by atoms with E-state index in [9.17, 15) is 4.39 Å². The number of rotatable bonds is 2. The van der Waals surface area contributed by atoms with Crippen molar-refractivity contribution in [1.82, 2.24) is 9.97 Å². The average molecular weight is 232 g/mol. The summed E-state index contributed by atoms with van der Waals surface area (Å²) in [5.74, 6) is -0.193. The molecule has 1 heterocycles. The smallest absolute Gasteiger partial charge is 0.224 e. The van der Waals surface area contributed by atoms with Gasteiger partial charge in [0.2, 0.25) is 5.28 Å². The Morgan fingerprint density at radius 2 is 2.07 bits per heavy atom. The molecule has 3 nitrogen and oxygen atoms in total. The zero-order valence-corrected chi connectivity index (χ0v) is 10.1. The first kappa shape index (κ1) is 12.2. The second-order valence-corrected chi connectivity index (χ2v) is 4.56. The lowest BCUT2D eigenvalue weighted by molar-refractivity contribution is 0.491. The fraction of sp³-hybridized carbons (Fsp3) is 0.600. The summed E-state index contributed by atoms with van der Waals surface area (Å²) in [6.45, 7) is 8.58. The Morgan fingerprint density at radius 3 is 2.53 bits per heavy atom. The molecular weight excluding hydrogens is 217 g/mol. The number of hydrogen-bond donors (Lipinski definition) is 0. The predicted molar refractivity (Wildman–Crippen MR) is 59.8 cm³/mol. The van der Waals surface area contributed by atoms with Gasteiger partial charge in [0, 0.05) is 12.1 Å². The first-order valence-corrected chi connectivity index (χ1v) is 5.19. The van der Waals surface area contributed by atoms with E-state index < -0.39 is 5.82 Å². The Kier molecular flexibility index (Phi) is 3.50. The molecule has 1 aromatic heterocycles. The van der Waals surface area contributed by atoms with Crippen LogP contribution in [-0.4, -0.2) is 22.1 Å². The van der Waals surface area contributed by atoms with Crippen LogP contribution in [0.15, 0.2) is 6.20 Å². The van der Waals surface area contributed by atoms with Gasteiger partial charge in [-0.15, -0.1) is 0 Å². The first-order chi connectivity index (χ1) is 6.86. The minimum Gasteiger partial charge on any atom is -0.349 e. The summed E-state index contributed by atoms with van der Waals surface area (Å²) in [6, 6.07) is 0. The number of halogens is 2. The molecule has 0 fully saturated rings. The molecule has 0 aromatic carbocycles. The van der Waals surface area contributed by atoms with Gasteiger partial charge in [-0.1, -0.05) is 0 Å². The van der Waals surface area contributed by atoms with Crippen molar-refractivity contribution in [2.24, 2.45) is 0 Å². The van der Waals surface area contributed by atoms with Gasteiger partial charge in [-0.2, -0.15) is 4.98 Å². The fourth-order valence-corrected chi connectivity index (χ4v) is 1.60. The van der Waals surface area contributed by atoms with Crippen LogP contribution in [0.25, 0.3) is 0 Å². The molecule has 0 amide bonds. The van der Waals surface area contributed by atoms with Crippen molar-refractivity contribution >= 4 is 17.4 Å². The summed E-state index contributed by atoms with van der Waals surface area (Å²) in [6.07, 6.45) is 1.10. The lowest BCUT2D eigenvalue weighted by Crippen LogP contribution is -2.42. The van der Waals surface area contributed by atoms with Crippen molar-refractivity contribution in [2.45, 2.75) is 33.2 Å². The van der Waals surface area contributed by atoms with Crippen molar-refractivity contribution in [2.75, 3.05) is 11.4 Å². The van der Waals surface area contributed by atoms with Crippen LogP contribution in [-0.2, 0) is 0 Å². The van der Waals surface area contributed by atoms with E-state index in [2.05, 4.69) is 9.97 Å². The molecule has 0 atom stereocenters. The monoisotopic (exact) mass is 231 g/mol. The topological polar surface area (TPSA) is 29.0 Å². The Bertz CT molecular complexity index is 349. The number of hydrogen-bond acceptors (Lipinski definition) is 3. The van der Waals surface area contributed by atoms with E-state index >= 15 is 0 Å². The van der Waals surface area contributed by atoms with Gasteiger partial charge in [0.15, 0.2) is 11.6 Å². The molecule has 1 aromatic rings. The normalized spacial score (nSPS) is 11.6. The SMILES string of the molecule is CCN(c1nc(Cl)ncc1F)C(C)(C)C. The lowest BCUT2D eigenvalue weighted by atomic mass is 10.1.